The lowest BCUT2D eigenvalue weighted by Gasteiger charge is -2.08. The summed E-state index contributed by atoms with van der Waals surface area (Å²) in [6, 6.07) is 20.7. The summed E-state index contributed by atoms with van der Waals surface area (Å²) in [6.07, 6.45) is 3.29. The number of fused-ring (bicyclic) bond motifs is 1. The molecule has 0 spiro atoms. The molecule has 0 fully saturated rings. The number of aryl methyl sites for hydroxylation is 1. The first kappa shape index (κ1) is 20.5. The normalized spacial score (nSPS) is 10.8. The molecule has 0 unspecified atom stereocenters. The molecular formula is C26H24O5. The Balaban J connectivity index is 1.42. The summed E-state index contributed by atoms with van der Waals surface area (Å²) in [5, 5.41) is 0.527. The van der Waals surface area contributed by atoms with Crippen molar-refractivity contribution in [2.24, 2.45) is 0 Å². The Labute approximate surface area is 180 Å². The Morgan fingerprint density at radius 1 is 0.806 bits per heavy atom. The van der Waals surface area contributed by atoms with E-state index in [4.69, 9.17) is 18.6 Å². The predicted molar refractivity (Wildman–Crippen MR) is 121 cm³/mol. The minimum Gasteiger partial charge on any atom is -0.497 e. The van der Waals surface area contributed by atoms with Crippen LogP contribution in [-0.2, 0) is 6.42 Å². The van der Waals surface area contributed by atoms with Crippen LogP contribution in [0.2, 0.25) is 0 Å². The third kappa shape index (κ3) is 4.72. The van der Waals surface area contributed by atoms with Crippen molar-refractivity contribution in [2.45, 2.75) is 12.8 Å². The summed E-state index contributed by atoms with van der Waals surface area (Å²) >= 11 is 0. The molecule has 5 heteroatoms. The molecule has 1 heterocycles. The highest BCUT2D eigenvalue weighted by molar-refractivity contribution is 5.82. The molecule has 0 bridgehead atoms. The average molecular weight is 416 g/mol. The molecule has 4 rings (SSSR count). The quantitative estimate of drug-likeness (QED) is 0.356. The molecule has 0 saturated carbocycles. The van der Waals surface area contributed by atoms with Gasteiger partial charge in [-0.05, 0) is 60.4 Å². The lowest BCUT2D eigenvalue weighted by Crippen LogP contribution is -2.05. The molecule has 0 aliphatic rings. The van der Waals surface area contributed by atoms with Crippen molar-refractivity contribution in [1.29, 1.82) is 0 Å². The fourth-order valence-corrected chi connectivity index (χ4v) is 3.43. The van der Waals surface area contributed by atoms with Crippen LogP contribution in [0.4, 0.5) is 0 Å². The van der Waals surface area contributed by atoms with Crippen LogP contribution >= 0.6 is 0 Å². The zero-order valence-electron chi connectivity index (χ0n) is 17.6. The van der Waals surface area contributed by atoms with Crippen molar-refractivity contribution in [3.05, 3.63) is 88.8 Å². The SMILES string of the molecule is COc1ccc(CCCOc2ccc3c(=O)c(-c4ccc(OC)cc4)coc3c2)cc1. The summed E-state index contributed by atoms with van der Waals surface area (Å²) in [4.78, 5) is 12.9. The molecule has 4 aromatic rings. The molecule has 0 amide bonds. The Kier molecular flexibility index (Phi) is 6.22. The van der Waals surface area contributed by atoms with Crippen molar-refractivity contribution >= 4 is 11.0 Å². The zero-order valence-corrected chi connectivity index (χ0v) is 17.6. The predicted octanol–water partition coefficient (Wildman–Crippen LogP) is 5.49. The van der Waals surface area contributed by atoms with Crippen molar-refractivity contribution in [3.63, 3.8) is 0 Å². The molecule has 0 atom stereocenters. The van der Waals surface area contributed by atoms with Gasteiger partial charge in [0.25, 0.3) is 0 Å². The maximum absolute atomic E-state index is 12.9. The highest BCUT2D eigenvalue weighted by Gasteiger charge is 2.10. The maximum Gasteiger partial charge on any atom is 0.200 e. The number of rotatable bonds is 8. The Hall–Kier alpha value is -3.73. The molecule has 0 N–H and O–H groups in total. The molecule has 3 aromatic carbocycles. The Morgan fingerprint density at radius 3 is 2.13 bits per heavy atom. The van der Waals surface area contributed by atoms with Gasteiger partial charge in [0.15, 0.2) is 5.43 Å². The maximum atomic E-state index is 12.9. The van der Waals surface area contributed by atoms with Crippen LogP contribution in [0.1, 0.15) is 12.0 Å². The lowest BCUT2D eigenvalue weighted by molar-refractivity contribution is 0.311. The highest BCUT2D eigenvalue weighted by atomic mass is 16.5. The number of hydrogen-bond acceptors (Lipinski definition) is 5. The number of hydrogen-bond donors (Lipinski definition) is 0. The Morgan fingerprint density at radius 2 is 1.45 bits per heavy atom. The van der Waals surface area contributed by atoms with Gasteiger partial charge in [0, 0.05) is 6.07 Å². The van der Waals surface area contributed by atoms with E-state index in [0.29, 0.717) is 28.9 Å². The van der Waals surface area contributed by atoms with Crippen molar-refractivity contribution in [3.8, 4) is 28.4 Å². The minimum absolute atomic E-state index is 0.0718. The summed E-state index contributed by atoms with van der Waals surface area (Å²) in [7, 11) is 3.27. The smallest absolute Gasteiger partial charge is 0.200 e. The van der Waals surface area contributed by atoms with Gasteiger partial charge in [0.05, 0.1) is 31.8 Å². The minimum atomic E-state index is -0.0718. The third-order valence-corrected chi connectivity index (χ3v) is 5.18. The van der Waals surface area contributed by atoms with Gasteiger partial charge in [0.2, 0.25) is 0 Å². The molecule has 1 aromatic heterocycles. The summed E-state index contributed by atoms with van der Waals surface area (Å²) in [5.41, 5.74) is 2.98. The van der Waals surface area contributed by atoms with Gasteiger partial charge in [-0.1, -0.05) is 24.3 Å². The van der Waals surface area contributed by atoms with Crippen molar-refractivity contribution in [1.82, 2.24) is 0 Å². The average Bonchev–Trinajstić information content (AvgIpc) is 2.82. The van der Waals surface area contributed by atoms with E-state index < -0.39 is 0 Å². The first-order valence-corrected chi connectivity index (χ1v) is 10.1. The number of methoxy groups -OCH3 is 2. The second kappa shape index (κ2) is 9.39. The van der Waals surface area contributed by atoms with Crippen LogP contribution in [-0.4, -0.2) is 20.8 Å². The van der Waals surface area contributed by atoms with E-state index in [1.165, 1.54) is 11.8 Å². The molecule has 0 radical (unpaired) electrons. The van der Waals surface area contributed by atoms with E-state index in [1.54, 1.807) is 26.4 Å². The van der Waals surface area contributed by atoms with Gasteiger partial charge in [-0.25, -0.2) is 0 Å². The first-order chi connectivity index (χ1) is 15.2. The van der Waals surface area contributed by atoms with Gasteiger partial charge < -0.3 is 18.6 Å². The molecule has 0 aliphatic carbocycles. The van der Waals surface area contributed by atoms with Crippen LogP contribution in [0, 0.1) is 0 Å². The molecule has 5 nitrogen and oxygen atoms in total. The van der Waals surface area contributed by atoms with E-state index in [2.05, 4.69) is 12.1 Å². The summed E-state index contributed by atoms with van der Waals surface area (Å²) in [6.45, 7) is 0.575. The molecule has 158 valence electrons. The van der Waals surface area contributed by atoms with Crippen LogP contribution in [0.3, 0.4) is 0 Å². The van der Waals surface area contributed by atoms with Gasteiger partial charge in [-0.15, -0.1) is 0 Å². The molecule has 0 saturated heterocycles. The second-order valence-electron chi connectivity index (χ2n) is 7.17. The molecule has 0 aliphatic heterocycles. The second-order valence-corrected chi connectivity index (χ2v) is 7.17. The van der Waals surface area contributed by atoms with Crippen LogP contribution in [0.25, 0.3) is 22.1 Å². The summed E-state index contributed by atoms with van der Waals surface area (Å²) < 4.78 is 22.0. The highest BCUT2D eigenvalue weighted by Crippen LogP contribution is 2.24. The zero-order chi connectivity index (χ0) is 21.6. The summed E-state index contributed by atoms with van der Waals surface area (Å²) in [5.74, 6) is 2.28. The van der Waals surface area contributed by atoms with Crippen LogP contribution in [0.5, 0.6) is 17.2 Å². The van der Waals surface area contributed by atoms with Crippen LogP contribution < -0.4 is 19.6 Å². The van der Waals surface area contributed by atoms with Gasteiger partial charge >= 0.3 is 0 Å². The fourth-order valence-electron chi connectivity index (χ4n) is 3.43. The largest absolute Gasteiger partial charge is 0.497 e. The van der Waals surface area contributed by atoms with Gasteiger partial charge in [0.1, 0.15) is 29.1 Å². The van der Waals surface area contributed by atoms with Gasteiger partial charge in [-0.2, -0.15) is 0 Å². The van der Waals surface area contributed by atoms with Crippen molar-refractivity contribution < 1.29 is 18.6 Å². The van der Waals surface area contributed by atoms with Gasteiger partial charge in [-0.3, -0.25) is 4.79 Å². The van der Waals surface area contributed by atoms with Crippen LogP contribution in [0.15, 0.2) is 82.2 Å². The van der Waals surface area contributed by atoms with E-state index in [0.717, 1.165) is 29.9 Å². The standard InChI is InChI=1S/C26H24O5/c1-28-20-9-5-18(6-10-20)4-3-15-30-22-13-14-23-25(16-22)31-17-24(26(23)27)19-7-11-21(29-2)12-8-19/h5-14,16-17H,3-4,15H2,1-2H3. The van der Waals surface area contributed by atoms with E-state index in [9.17, 15) is 4.79 Å². The number of benzene rings is 3. The topological polar surface area (TPSA) is 57.9 Å². The van der Waals surface area contributed by atoms with E-state index in [1.807, 2.05) is 42.5 Å². The molecule has 31 heavy (non-hydrogen) atoms. The lowest BCUT2D eigenvalue weighted by atomic mass is 10.1. The molecular weight excluding hydrogens is 392 g/mol. The fraction of sp³-hybridized carbons (Fsp3) is 0.192. The van der Waals surface area contributed by atoms with E-state index >= 15 is 0 Å². The third-order valence-electron chi connectivity index (χ3n) is 5.18. The van der Waals surface area contributed by atoms with E-state index in [-0.39, 0.29) is 5.43 Å². The first-order valence-electron chi connectivity index (χ1n) is 10.1. The number of ether oxygens (including phenoxy) is 3. The van der Waals surface area contributed by atoms with Crippen molar-refractivity contribution in [2.75, 3.05) is 20.8 Å². The Bertz CT molecular complexity index is 1210. The monoisotopic (exact) mass is 416 g/mol.